The van der Waals surface area contributed by atoms with Gasteiger partial charge in [0.15, 0.2) is 0 Å². The first-order valence-electron chi connectivity index (χ1n) is 5.90. The van der Waals surface area contributed by atoms with Crippen molar-refractivity contribution in [2.24, 2.45) is 0 Å². The van der Waals surface area contributed by atoms with Crippen LogP contribution in [0.1, 0.15) is 19.8 Å². The number of carbonyl (C=O) groups is 1. The lowest BCUT2D eigenvalue weighted by atomic mass is 10.1. The van der Waals surface area contributed by atoms with Crippen LogP contribution in [0.3, 0.4) is 0 Å². The van der Waals surface area contributed by atoms with Gasteiger partial charge in [0.1, 0.15) is 5.75 Å². The van der Waals surface area contributed by atoms with Gasteiger partial charge in [-0.1, -0.05) is 15.9 Å². The van der Waals surface area contributed by atoms with E-state index in [1.807, 2.05) is 36.1 Å². The molecule has 0 radical (unpaired) electrons. The zero-order chi connectivity index (χ0) is 12.3. The Hall–Kier alpha value is -1.03. The molecule has 0 saturated carbocycles. The fourth-order valence-electron chi connectivity index (χ4n) is 1.98. The smallest absolute Gasteiger partial charge is 0.240 e. The number of halogens is 1. The molecule has 1 unspecified atom stereocenters. The van der Waals surface area contributed by atoms with E-state index in [1.165, 1.54) is 0 Å². The molecule has 1 fully saturated rings. The zero-order valence-corrected chi connectivity index (χ0v) is 11.4. The Morgan fingerprint density at radius 1 is 1.41 bits per heavy atom. The normalized spacial score (nSPS) is 20.5. The molecule has 1 aliphatic heterocycles. The first-order chi connectivity index (χ1) is 8.22. The molecule has 4 heteroatoms. The third-order valence-corrected chi connectivity index (χ3v) is 3.68. The molecule has 1 heterocycles. The topological polar surface area (TPSA) is 29.5 Å². The van der Waals surface area contributed by atoms with E-state index in [1.54, 1.807) is 0 Å². The molecule has 2 rings (SSSR count). The number of amides is 1. The number of carbonyl (C=O) groups excluding carboxylic acids is 1. The molecule has 17 heavy (non-hydrogen) atoms. The second kappa shape index (κ2) is 5.54. The van der Waals surface area contributed by atoms with Crippen molar-refractivity contribution in [1.29, 1.82) is 0 Å². The zero-order valence-electron chi connectivity index (χ0n) is 9.86. The maximum absolute atomic E-state index is 12.0. The van der Waals surface area contributed by atoms with Crippen molar-refractivity contribution in [3.8, 4) is 5.75 Å². The first kappa shape index (κ1) is 12.4. The summed E-state index contributed by atoms with van der Waals surface area (Å²) in [5, 5.41) is 0. The molecule has 1 amide bonds. The number of nitrogens with zero attached hydrogens (tertiary/aromatic N) is 1. The summed E-state index contributed by atoms with van der Waals surface area (Å²) in [4.78, 5) is 13.8. The van der Waals surface area contributed by atoms with E-state index in [-0.39, 0.29) is 10.7 Å². The number of piperidine rings is 1. The molecular weight excluding hydrogens is 282 g/mol. The second-order valence-corrected chi connectivity index (χ2v) is 5.13. The lowest BCUT2D eigenvalue weighted by Crippen LogP contribution is -2.41. The van der Waals surface area contributed by atoms with E-state index in [0.717, 1.165) is 30.8 Å². The van der Waals surface area contributed by atoms with Gasteiger partial charge in [0.25, 0.3) is 0 Å². The number of hydrogen-bond donors (Lipinski definition) is 0. The molecule has 0 spiro atoms. The number of hydrogen-bond acceptors (Lipinski definition) is 2. The highest BCUT2D eigenvalue weighted by Crippen LogP contribution is 2.26. The fraction of sp³-hybridized carbons (Fsp3) is 0.462. The molecule has 0 aliphatic carbocycles. The molecule has 1 aliphatic rings. The Kier molecular flexibility index (Phi) is 4.05. The van der Waals surface area contributed by atoms with Crippen LogP contribution < -0.4 is 9.64 Å². The highest BCUT2D eigenvalue weighted by Gasteiger charge is 2.27. The van der Waals surface area contributed by atoms with Crippen LogP contribution in [0.5, 0.6) is 5.75 Å². The summed E-state index contributed by atoms with van der Waals surface area (Å²) < 4.78 is 5.38. The van der Waals surface area contributed by atoms with Crippen molar-refractivity contribution < 1.29 is 9.53 Å². The minimum atomic E-state index is -0.0391. The summed E-state index contributed by atoms with van der Waals surface area (Å²) in [5.74, 6) is 0.997. The average Bonchev–Trinajstić information content (AvgIpc) is 2.34. The minimum absolute atomic E-state index is 0.0391. The molecule has 1 saturated heterocycles. The largest absolute Gasteiger partial charge is 0.494 e. The minimum Gasteiger partial charge on any atom is -0.494 e. The van der Waals surface area contributed by atoms with Crippen molar-refractivity contribution in [2.45, 2.75) is 24.6 Å². The molecule has 92 valence electrons. The van der Waals surface area contributed by atoms with Crippen LogP contribution in [0.4, 0.5) is 5.69 Å². The van der Waals surface area contributed by atoms with Crippen molar-refractivity contribution >= 4 is 27.5 Å². The Balaban J connectivity index is 2.13. The summed E-state index contributed by atoms with van der Waals surface area (Å²) in [6.45, 7) is 3.41. The van der Waals surface area contributed by atoms with Gasteiger partial charge in [-0.3, -0.25) is 4.79 Å². The Labute approximate surface area is 110 Å². The summed E-state index contributed by atoms with van der Waals surface area (Å²) >= 11 is 3.41. The highest BCUT2D eigenvalue weighted by atomic mass is 79.9. The lowest BCUT2D eigenvalue weighted by Gasteiger charge is -2.29. The van der Waals surface area contributed by atoms with Gasteiger partial charge in [-0.2, -0.15) is 0 Å². The standard InChI is InChI=1S/C13H16BrNO2/c1-2-17-11-7-5-10(6-8-11)15-9-3-4-12(14)13(15)16/h5-8,12H,2-4,9H2,1H3. The van der Waals surface area contributed by atoms with Gasteiger partial charge in [-0.05, 0) is 44.0 Å². The summed E-state index contributed by atoms with van der Waals surface area (Å²) in [7, 11) is 0. The van der Waals surface area contributed by atoms with Gasteiger partial charge in [0, 0.05) is 12.2 Å². The molecule has 1 atom stereocenters. The van der Waals surface area contributed by atoms with Crippen LogP contribution in [0.2, 0.25) is 0 Å². The number of benzene rings is 1. The van der Waals surface area contributed by atoms with Crippen LogP contribution in [0.15, 0.2) is 24.3 Å². The van der Waals surface area contributed by atoms with E-state index in [2.05, 4.69) is 15.9 Å². The Morgan fingerprint density at radius 3 is 2.76 bits per heavy atom. The number of anilines is 1. The fourth-order valence-corrected chi connectivity index (χ4v) is 2.55. The molecule has 0 aromatic heterocycles. The third kappa shape index (κ3) is 2.80. The third-order valence-electron chi connectivity index (χ3n) is 2.83. The van der Waals surface area contributed by atoms with E-state index >= 15 is 0 Å². The second-order valence-electron chi connectivity index (χ2n) is 4.03. The van der Waals surface area contributed by atoms with Crippen molar-refractivity contribution in [1.82, 2.24) is 0 Å². The van der Waals surface area contributed by atoms with Gasteiger partial charge in [-0.15, -0.1) is 0 Å². The Morgan fingerprint density at radius 2 is 2.12 bits per heavy atom. The Bertz CT molecular complexity index is 391. The number of alkyl halides is 1. The summed E-state index contributed by atoms with van der Waals surface area (Å²) in [6, 6.07) is 7.69. The average molecular weight is 298 g/mol. The highest BCUT2D eigenvalue weighted by molar-refractivity contribution is 9.10. The quantitative estimate of drug-likeness (QED) is 0.803. The summed E-state index contributed by atoms with van der Waals surface area (Å²) in [5.41, 5.74) is 0.947. The van der Waals surface area contributed by atoms with Crippen LogP contribution >= 0.6 is 15.9 Å². The molecule has 0 bridgehead atoms. The molecule has 1 aromatic rings. The van der Waals surface area contributed by atoms with Crippen molar-refractivity contribution in [2.75, 3.05) is 18.1 Å². The van der Waals surface area contributed by atoms with E-state index in [4.69, 9.17) is 4.74 Å². The van der Waals surface area contributed by atoms with Gasteiger partial charge in [-0.25, -0.2) is 0 Å². The number of ether oxygens (including phenoxy) is 1. The molecular formula is C13H16BrNO2. The lowest BCUT2D eigenvalue weighted by molar-refractivity contribution is -0.118. The predicted octanol–water partition coefficient (Wildman–Crippen LogP) is 2.98. The predicted molar refractivity (Wildman–Crippen MR) is 71.9 cm³/mol. The van der Waals surface area contributed by atoms with Crippen LogP contribution in [0, 0.1) is 0 Å². The van der Waals surface area contributed by atoms with Crippen LogP contribution in [0.25, 0.3) is 0 Å². The van der Waals surface area contributed by atoms with Crippen molar-refractivity contribution in [3.63, 3.8) is 0 Å². The van der Waals surface area contributed by atoms with Gasteiger partial charge in [0.05, 0.1) is 11.4 Å². The van der Waals surface area contributed by atoms with E-state index < -0.39 is 0 Å². The maximum Gasteiger partial charge on any atom is 0.240 e. The van der Waals surface area contributed by atoms with E-state index in [9.17, 15) is 4.79 Å². The molecule has 0 N–H and O–H groups in total. The number of rotatable bonds is 3. The first-order valence-corrected chi connectivity index (χ1v) is 6.82. The SMILES string of the molecule is CCOc1ccc(N2CCCC(Br)C2=O)cc1. The van der Waals surface area contributed by atoms with Crippen LogP contribution in [-0.4, -0.2) is 23.9 Å². The molecule has 1 aromatic carbocycles. The molecule has 3 nitrogen and oxygen atoms in total. The van der Waals surface area contributed by atoms with Gasteiger partial charge in [0.2, 0.25) is 5.91 Å². The van der Waals surface area contributed by atoms with Crippen molar-refractivity contribution in [3.05, 3.63) is 24.3 Å². The van der Waals surface area contributed by atoms with Gasteiger partial charge < -0.3 is 9.64 Å². The van der Waals surface area contributed by atoms with E-state index in [0.29, 0.717) is 6.61 Å². The monoisotopic (exact) mass is 297 g/mol. The maximum atomic E-state index is 12.0. The summed E-state index contributed by atoms with van der Waals surface area (Å²) in [6.07, 6.45) is 1.96. The van der Waals surface area contributed by atoms with Crippen LogP contribution in [-0.2, 0) is 4.79 Å². The van der Waals surface area contributed by atoms with Gasteiger partial charge >= 0.3 is 0 Å².